The van der Waals surface area contributed by atoms with Gasteiger partial charge in [0.2, 0.25) is 0 Å². The Morgan fingerprint density at radius 3 is 2.56 bits per heavy atom. The molecule has 1 aromatic rings. The minimum absolute atomic E-state index is 0.0625. The summed E-state index contributed by atoms with van der Waals surface area (Å²) in [5.41, 5.74) is 1.53. The first-order valence-corrected chi connectivity index (χ1v) is 9.70. The molecule has 8 heteroatoms. The highest BCUT2D eigenvalue weighted by molar-refractivity contribution is 6.31. The second kappa shape index (κ2) is 8.35. The summed E-state index contributed by atoms with van der Waals surface area (Å²) in [6.45, 7) is 0.930. The lowest BCUT2D eigenvalue weighted by Crippen LogP contribution is -2.55. The van der Waals surface area contributed by atoms with E-state index in [9.17, 15) is 9.59 Å². The van der Waals surface area contributed by atoms with Gasteiger partial charge in [-0.25, -0.2) is 4.79 Å². The van der Waals surface area contributed by atoms with Crippen LogP contribution in [0.25, 0.3) is 0 Å². The third-order valence-corrected chi connectivity index (χ3v) is 5.42. The SMILES string of the molecule is CN(C)c1ccc(Cl)cc1NC(=O)NC1CC(N(CC(=O)O)CC2CC2)C1. The minimum Gasteiger partial charge on any atom is -0.480 e. The third-order valence-electron chi connectivity index (χ3n) is 5.18. The van der Waals surface area contributed by atoms with Crippen molar-refractivity contribution in [2.45, 2.75) is 37.8 Å². The zero-order chi connectivity index (χ0) is 19.6. The van der Waals surface area contributed by atoms with Crippen LogP contribution in [0, 0.1) is 5.92 Å². The molecule has 3 rings (SSSR count). The van der Waals surface area contributed by atoms with Crippen LogP contribution >= 0.6 is 11.6 Å². The molecule has 2 saturated carbocycles. The van der Waals surface area contributed by atoms with E-state index in [2.05, 4.69) is 15.5 Å². The van der Waals surface area contributed by atoms with Crippen molar-refractivity contribution >= 4 is 35.0 Å². The van der Waals surface area contributed by atoms with Crippen molar-refractivity contribution in [3.05, 3.63) is 23.2 Å². The average Bonchev–Trinajstić information content (AvgIpc) is 3.33. The molecule has 2 aliphatic rings. The molecule has 0 unspecified atom stereocenters. The number of carboxylic acid groups (broad SMARTS) is 1. The number of anilines is 2. The molecule has 3 N–H and O–H groups in total. The van der Waals surface area contributed by atoms with E-state index in [0.29, 0.717) is 16.6 Å². The van der Waals surface area contributed by atoms with Gasteiger partial charge in [0, 0.05) is 37.7 Å². The molecule has 0 aliphatic heterocycles. The first kappa shape index (κ1) is 19.8. The Kier molecular flexibility index (Phi) is 6.11. The summed E-state index contributed by atoms with van der Waals surface area (Å²) in [5, 5.41) is 15.5. The lowest BCUT2D eigenvalue weighted by molar-refractivity contribution is -0.139. The number of amides is 2. The maximum Gasteiger partial charge on any atom is 0.319 e. The van der Waals surface area contributed by atoms with Gasteiger partial charge in [0.1, 0.15) is 0 Å². The molecule has 1 aromatic carbocycles. The Morgan fingerprint density at radius 1 is 1.26 bits per heavy atom. The number of halogens is 1. The van der Waals surface area contributed by atoms with Crippen molar-refractivity contribution in [1.82, 2.24) is 10.2 Å². The topological polar surface area (TPSA) is 84.9 Å². The van der Waals surface area contributed by atoms with E-state index in [1.54, 1.807) is 12.1 Å². The lowest BCUT2D eigenvalue weighted by atomic mass is 9.85. The molecule has 148 valence electrons. The fourth-order valence-electron chi connectivity index (χ4n) is 3.49. The van der Waals surface area contributed by atoms with Crippen LogP contribution in [0.4, 0.5) is 16.2 Å². The standard InChI is InChI=1S/C19H27ClN4O3/c1-23(2)17-6-5-13(20)7-16(17)22-19(27)21-14-8-15(9-14)24(11-18(25)26)10-12-3-4-12/h5-7,12,14-15H,3-4,8-11H2,1-2H3,(H,25,26)(H2,21,22,27). The second-order valence-corrected chi connectivity index (χ2v) is 8.18. The maximum absolute atomic E-state index is 12.4. The van der Waals surface area contributed by atoms with E-state index in [-0.39, 0.29) is 24.7 Å². The van der Waals surface area contributed by atoms with Crippen molar-refractivity contribution in [2.24, 2.45) is 5.92 Å². The summed E-state index contributed by atoms with van der Waals surface area (Å²) >= 11 is 6.05. The van der Waals surface area contributed by atoms with E-state index < -0.39 is 5.97 Å². The van der Waals surface area contributed by atoms with Crippen LogP contribution in [0.2, 0.25) is 5.02 Å². The average molecular weight is 395 g/mol. The van der Waals surface area contributed by atoms with Gasteiger partial charge in [0.05, 0.1) is 17.9 Å². The zero-order valence-electron chi connectivity index (χ0n) is 15.7. The van der Waals surface area contributed by atoms with Crippen LogP contribution in [0.1, 0.15) is 25.7 Å². The predicted molar refractivity (Wildman–Crippen MR) is 107 cm³/mol. The van der Waals surface area contributed by atoms with Crippen LogP contribution in [0.3, 0.4) is 0 Å². The number of carbonyl (C=O) groups is 2. The van der Waals surface area contributed by atoms with E-state index >= 15 is 0 Å². The Balaban J connectivity index is 1.50. The van der Waals surface area contributed by atoms with Crippen molar-refractivity contribution in [1.29, 1.82) is 0 Å². The first-order chi connectivity index (χ1) is 12.8. The molecule has 0 radical (unpaired) electrons. The molecule has 7 nitrogen and oxygen atoms in total. The second-order valence-electron chi connectivity index (χ2n) is 7.74. The molecule has 2 amide bonds. The van der Waals surface area contributed by atoms with Gasteiger partial charge in [-0.2, -0.15) is 0 Å². The monoisotopic (exact) mass is 394 g/mol. The number of nitrogens with zero attached hydrogens (tertiary/aromatic N) is 2. The minimum atomic E-state index is -0.790. The van der Waals surface area contributed by atoms with E-state index in [4.69, 9.17) is 16.7 Å². The van der Waals surface area contributed by atoms with Crippen LogP contribution in [0.5, 0.6) is 0 Å². The molecule has 0 heterocycles. The summed E-state index contributed by atoms with van der Waals surface area (Å²) in [6.07, 6.45) is 3.95. The van der Waals surface area contributed by atoms with Gasteiger partial charge in [-0.15, -0.1) is 0 Å². The molecule has 0 saturated heterocycles. The van der Waals surface area contributed by atoms with Gasteiger partial charge >= 0.3 is 12.0 Å². The molecule has 2 aliphatic carbocycles. The highest BCUT2D eigenvalue weighted by atomic mass is 35.5. The van der Waals surface area contributed by atoms with Gasteiger partial charge in [-0.1, -0.05) is 11.6 Å². The number of benzene rings is 1. The van der Waals surface area contributed by atoms with Gasteiger partial charge in [0.25, 0.3) is 0 Å². The molecular weight excluding hydrogens is 368 g/mol. The molecule has 27 heavy (non-hydrogen) atoms. The number of nitrogens with one attached hydrogen (secondary N) is 2. The normalized spacial score (nSPS) is 21.5. The highest BCUT2D eigenvalue weighted by Crippen LogP contribution is 2.34. The summed E-state index contributed by atoms with van der Waals surface area (Å²) in [7, 11) is 3.81. The lowest BCUT2D eigenvalue weighted by Gasteiger charge is -2.42. The number of hydrogen-bond acceptors (Lipinski definition) is 4. The van der Waals surface area contributed by atoms with E-state index in [1.807, 2.05) is 25.1 Å². The number of urea groups is 1. The number of hydrogen-bond donors (Lipinski definition) is 3. The van der Waals surface area contributed by atoms with Crippen LogP contribution in [0.15, 0.2) is 18.2 Å². The van der Waals surface area contributed by atoms with Crippen molar-refractivity contribution < 1.29 is 14.7 Å². The quantitative estimate of drug-likeness (QED) is 0.631. The molecular formula is C19H27ClN4O3. The number of carboxylic acids is 1. The van der Waals surface area contributed by atoms with Crippen LogP contribution < -0.4 is 15.5 Å². The summed E-state index contributed by atoms with van der Waals surface area (Å²) in [5.74, 6) is -0.145. The van der Waals surface area contributed by atoms with Gasteiger partial charge in [0.15, 0.2) is 0 Å². The fourth-order valence-corrected chi connectivity index (χ4v) is 3.67. The zero-order valence-corrected chi connectivity index (χ0v) is 16.5. The van der Waals surface area contributed by atoms with E-state index in [1.165, 1.54) is 12.8 Å². The molecule has 2 fully saturated rings. The Labute approximate surface area is 164 Å². The van der Waals surface area contributed by atoms with Gasteiger partial charge < -0.3 is 20.6 Å². The number of aliphatic carboxylic acids is 1. The van der Waals surface area contributed by atoms with Crippen molar-refractivity contribution in [2.75, 3.05) is 37.4 Å². The molecule has 0 spiro atoms. The van der Waals surface area contributed by atoms with Gasteiger partial charge in [-0.3, -0.25) is 9.69 Å². The molecule has 0 atom stereocenters. The smallest absolute Gasteiger partial charge is 0.319 e. The summed E-state index contributed by atoms with van der Waals surface area (Å²) in [6, 6.07) is 5.40. The number of carbonyl (C=O) groups excluding carboxylic acids is 1. The van der Waals surface area contributed by atoms with Crippen LogP contribution in [-0.2, 0) is 4.79 Å². The van der Waals surface area contributed by atoms with Crippen LogP contribution in [-0.4, -0.2) is 61.3 Å². The van der Waals surface area contributed by atoms with Gasteiger partial charge in [-0.05, 0) is 49.8 Å². The largest absolute Gasteiger partial charge is 0.480 e. The fraction of sp³-hybridized carbons (Fsp3) is 0.579. The summed E-state index contributed by atoms with van der Waals surface area (Å²) < 4.78 is 0. The Morgan fingerprint density at radius 2 is 1.96 bits per heavy atom. The van der Waals surface area contributed by atoms with E-state index in [0.717, 1.165) is 25.1 Å². The predicted octanol–water partition coefficient (Wildman–Crippen LogP) is 2.86. The molecule has 0 bridgehead atoms. The van der Waals surface area contributed by atoms with Crippen molar-refractivity contribution in [3.8, 4) is 0 Å². The summed E-state index contributed by atoms with van der Waals surface area (Å²) in [4.78, 5) is 27.4. The Hall–Kier alpha value is -1.99. The molecule has 0 aromatic heterocycles. The Bertz CT molecular complexity index is 702. The highest BCUT2D eigenvalue weighted by Gasteiger charge is 2.37. The van der Waals surface area contributed by atoms with Crippen molar-refractivity contribution in [3.63, 3.8) is 0 Å². The first-order valence-electron chi connectivity index (χ1n) is 9.32. The third kappa shape index (κ3) is 5.49. The maximum atomic E-state index is 12.4. The number of rotatable bonds is 8.